The van der Waals surface area contributed by atoms with Gasteiger partial charge in [0.2, 0.25) is 5.95 Å². The van der Waals surface area contributed by atoms with E-state index in [2.05, 4.69) is 15.0 Å². The fraction of sp³-hybridized carbons (Fsp3) is 0.154. The summed E-state index contributed by atoms with van der Waals surface area (Å²) in [5, 5.41) is 0.651. The summed E-state index contributed by atoms with van der Waals surface area (Å²) in [6, 6.07) is 6.26. The summed E-state index contributed by atoms with van der Waals surface area (Å²) in [6.45, 7) is 0. The molecule has 0 spiro atoms. The largest absolute Gasteiger partial charge is 0.369 e. The number of aromatic nitrogens is 4. The molecule has 0 atom stereocenters. The van der Waals surface area contributed by atoms with Crippen LogP contribution in [0.2, 0.25) is 0 Å². The van der Waals surface area contributed by atoms with Crippen LogP contribution < -0.4 is 11.3 Å². The minimum atomic E-state index is -0.360. The zero-order chi connectivity index (χ0) is 15.0. The number of aromatic amines is 1. The van der Waals surface area contributed by atoms with Crippen LogP contribution in [0.1, 0.15) is 5.56 Å². The number of halogens is 1. The van der Waals surface area contributed by atoms with Gasteiger partial charge in [-0.25, -0.2) is 9.37 Å². The lowest BCUT2D eigenvalue weighted by molar-refractivity contribution is 0.627. The average Bonchev–Trinajstić information content (AvgIpc) is 2.76. The number of nitrogens with one attached hydrogen (secondary N) is 1. The molecule has 1 aromatic carbocycles. The third-order valence-corrected chi connectivity index (χ3v) is 4.09. The van der Waals surface area contributed by atoms with E-state index in [1.165, 1.54) is 23.9 Å². The number of nitrogens with zero attached hydrogens (tertiary/aromatic N) is 3. The summed E-state index contributed by atoms with van der Waals surface area (Å²) in [5.74, 6) is 0.411. The van der Waals surface area contributed by atoms with Crippen molar-refractivity contribution in [2.45, 2.75) is 10.9 Å². The standard InChI is InChI=1S/C13H12FN5OS/c1-19-10-9(11(20)18-12(15)17-10)16-13(19)21-6-7-2-4-8(14)5-3-7/h2-5H,6H2,1H3,(H3,15,17,18,20). The number of hydrogen-bond donors (Lipinski definition) is 2. The Morgan fingerprint density at radius 2 is 2.05 bits per heavy atom. The SMILES string of the molecule is Cn1c(SCc2ccc(F)cc2)nc2c(=O)[nH]c(N)nc21. The van der Waals surface area contributed by atoms with Gasteiger partial charge in [0.1, 0.15) is 5.82 Å². The van der Waals surface area contributed by atoms with Gasteiger partial charge < -0.3 is 10.3 Å². The van der Waals surface area contributed by atoms with Crippen molar-refractivity contribution in [3.05, 3.63) is 46.0 Å². The van der Waals surface area contributed by atoms with Crippen molar-refractivity contribution in [1.82, 2.24) is 19.5 Å². The molecule has 8 heteroatoms. The summed E-state index contributed by atoms with van der Waals surface area (Å²) >= 11 is 1.44. The summed E-state index contributed by atoms with van der Waals surface area (Å²) in [4.78, 5) is 22.6. The minimum Gasteiger partial charge on any atom is -0.369 e. The molecule has 3 N–H and O–H groups in total. The molecule has 0 saturated carbocycles. The lowest BCUT2D eigenvalue weighted by atomic mass is 10.2. The van der Waals surface area contributed by atoms with Crippen molar-refractivity contribution in [2.24, 2.45) is 7.05 Å². The Morgan fingerprint density at radius 3 is 2.76 bits per heavy atom. The predicted octanol–water partition coefficient (Wildman–Crippen LogP) is 1.67. The van der Waals surface area contributed by atoms with Gasteiger partial charge in [-0.05, 0) is 17.7 Å². The molecule has 2 aromatic heterocycles. The van der Waals surface area contributed by atoms with Gasteiger partial charge in [-0.3, -0.25) is 9.78 Å². The second kappa shape index (κ2) is 5.21. The van der Waals surface area contributed by atoms with Gasteiger partial charge in [-0.2, -0.15) is 4.98 Å². The van der Waals surface area contributed by atoms with E-state index in [1.54, 1.807) is 23.7 Å². The number of hydrogen-bond acceptors (Lipinski definition) is 5. The number of imidazole rings is 1. The van der Waals surface area contributed by atoms with Crippen LogP contribution in [0.15, 0.2) is 34.2 Å². The monoisotopic (exact) mass is 305 g/mol. The molecule has 0 fully saturated rings. The van der Waals surface area contributed by atoms with Gasteiger partial charge >= 0.3 is 0 Å². The fourth-order valence-electron chi connectivity index (χ4n) is 1.93. The van der Waals surface area contributed by atoms with Gasteiger partial charge in [0, 0.05) is 12.8 Å². The maximum atomic E-state index is 12.9. The van der Waals surface area contributed by atoms with Crippen molar-refractivity contribution in [3.8, 4) is 0 Å². The van der Waals surface area contributed by atoms with Crippen LogP contribution >= 0.6 is 11.8 Å². The van der Waals surface area contributed by atoms with Crippen LogP contribution in [0.5, 0.6) is 0 Å². The Labute approximate surface area is 123 Å². The van der Waals surface area contributed by atoms with Crippen molar-refractivity contribution in [1.29, 1.82) is 0 Å². The normalized spacial score (nSPS) is 11.1. The van der Waals surface area contributed by atoms with E-state index in [0.29, 0.717) is 16.6 Å². The van der Waals surface area contributed by atoms with Gasteiger partial charge in [0.25, 0.3) is 5.56 Å². The summed E-state index contributed by atoms with van der Waals surface area (Å²) < 4.78 is 14.6. The van der Waals surface area contributed by atoms with E-state index in [9.17, 15) is 9.18 Å². The van der Waals surface area contributed by atoms with E-state index in [-0.39, 0.29) is 22.8 Å². The second-order valence-corrected chi connectivity index (χ2v) is 5.43. The summed E-state index contributed by atoms with van der Waals surface area (Å²) in [5.41, 5.74) is 6.84. The van der Waals surface area contributed by atoms with Gasteiger partial charge in [0.05, 0.1) is 0 Å². The van der Waals surface area contributed by atoms with Crippen LogP contribution in [0.4, 0.5) is 10.3 Å². The topological polar surface area (TPSA) is 89.6 Å². The lowest BCUT2D eigenvalue weighted by Crippen LogP contribution is -2.11. The molecule has 6 nitrogen and oxygen atoms in total. The quantitative estimate of drug-likeness (QED) is 0.718. The Bertz CT molecular complexity index is 855. The first-order valence-corrected chi connectivity index (χ1v) is 7.12. The first kappa shape index (κ1) is 13.6. The van der Waals surface area contributed by atoms with Crippen LogP contribution in [0, 0.1) is 5.82 Å². The molecular formula is C13H12FN5OS. The number of thioether (sulfide) groups is 1. The van der Waals surface area contributed by atoms with Crippen molar-refractivity contribution < 1.29 is 4.39 Å². The van der Waals surface area contributed by atoms with E-state index in [1.807, 2.05) is 0 Å². The first-order valence-electron chi connectivity index (χ1n) is 6.14. The van der Waals surface area contributed by atoms with Crippen LogP contribution in [-0.2, 0) is 12.8 Å². The van der Waals surface area contributed by atoms with Crippen molar-refractivity contribution in [3.63, 3.8) is 0 Å². The molecule has 21 heavy (non-hydrogen) atoms. The molecule has 0 radical (unpaired) electrons. The van der Waals surface area contributed by atoms with Crippen molar-refractivity contribution >= 4 is 28.9 Å². The molecule has 0 amide bonds. The molecule has 2 heterocycles. The maximum absolute atomic E-state index is 12.9. The second-order valence-electron chi connectivity index (χ2n) is 4.49. The highest BCUT2D eigenvalue weighted by Gasteiger charge is 2.13. The molecule has 0 aliphatic heterocycles. The predicted molar refractivity (Wildman–Crippen MR) is 79.5 cm³/mol. The Hall–Kier alpha value is -2.35. The fourth-order valence-corrected chi connectivity index (χ4v) is 2.85. The molecule has 108 valence electrons. The molecule has 3 rings (SSSR count). The van der Waals surface area contributed by atoms with E-state index in [4.69, 9.17) is 5.73 Å². The molecule has 0 saturated heterocycles. The van der Waals surface area contributed by atoms with Crippen LogP contribution in [0.3, 0.4) is 0 Å². The number of anilines is 1. The van der Waals surface area contributed by atoms with E-state index >= 15 is 0 Å². The van der Waals surface area contributed by atoms with Gasteiger partial charge in [-0.15, -0.1) is 0 Å². The molecule has 0 unspecified atom stereocenters. The number of benzene rings is 1. The minimum absolute atomic E-state index is 0.0607. The summed E-state index contributed by atoms with van der Waals surface area (Å²) in [6.07, 6.45) is 0. The van der Waals surface area contributed by atoms with E-state index in [0.717, 1.165) is 5.56 Å². The van der Waals surface area contributed by atoms with E-state index < -0.39 is 0 Å². The first-order chi connectivity index (χ1) is 10.0. The smallest absolute Gasteiger partial charge is 0.280 e. The molecule has 0 aliphatic carbocycles. The number of fused-ring (bicyclic) bond motifs is 1. The number of H-pyrrole nitrogens is 1. The highest BCUT2D eigenvalue weighted by molar-refractivity contribution is 7.98. The highest BCUT2D eigenvalue weighted by atomic mass is 32.2. The molecule has 3 aromatic rings. The highest BCUT2D eigenvalue weighted by Crippen LogP contribution is 2.24. The Morgan fingerprint density at radius 1 is 1.33 bits per heavy atom. The van der Waals surface area contributed by atoms with Crippen LogP contribution in [0.25, 0.3) is 11.2 Å². The third-order valence-electron chi connectivity index (χ3n) is 2.99. The number of nitrogens with two attached hydrogens (primary N) is 1. The zero-order valence-electron chi connectivity index (χ0n) is 11.1. The van der Waals surface area contributed by atoms with Crippen LogP contribution in [-0.4, -0.2) is 19.5 Å². The Balaban J connectivity index is 1.91. The number of nitrogen functional groups attached to an aromatic ring is 1. The van der Waals surface area contributed by atoms with Gasteiger partial charge in [-0.1, -0.05) is 23.9 Å². The number of rotatable bonds is 3. The average molecular weight is 305 g/mol. The third kappa shape index (κ3) is 2.62. The lowest BCUT2D eigenvalue weighted by Gasteiger charge is -2.02. The molecular weight excluding hydrogens is 293 g/mol. The summed E-state index contributed by atoms with van der Waals surface area (Å²) in [7, 11) is 1.77. The Kier molecular flexibility index (Phi) is 3.38. The molecule has 0 bridgehead atoms. The zero-order valence-corrected chi connectivity index (χ0v) is 11.9. The maximum Gasteiger partial charge on any atom is 0.280 e. The number of aryl methyl sites for hydroxylation is 1. The molecule has 0 aliphatic rings. The van der Waals surface area contributed by atoms with Gasteiger partial charge in [0.15, 0.2) is 16.3 Å². The van der Waals surface area contributed by atoms with Crippen molar-refractivity contribution in [2.75, 3.05) is 5.73 Å².